The minimum atomic E-state index is 0.569. The number of hydrogen-bond acceptors (Lipinski definition) is 1. The molecule has 0 aliphatic carbocycles. The van der Waals surface area contributed by atoms with E-state index in [4.69, 9.17) is 0 Å². The van der Waals surface area contributed by atoms with Crippen LogP contribution in [0.25, 0.3) is 0 Å². The zero-order chi connectivity index (χ0) is 6.69. The van der Waals surface area contributed by atoms with Gasteiger partial charge in [0.25, 0.3) is 0 Å². The van der Waals surface area contributed by atoms with Crippen molar-refractivity contribution >= 4 is 28.3 Å². The van der Waals surface area contributed by atoms with Crippen LogP contribution < -0.4 is 0 Å². The highest BCUT2D eigenvalue weighted by Crippen LogP contribution is 2.07. The van der Waals surface area contributed by atoms with Gasteiger partial charge >= 0.3 is 0 Å². The van der Waals surface area contributed by atoms with Gasteiger partial charge in [-0.05, 0) is 19.4 Å². The van der Waals surface area contributed by atoms with E-state index in [0.717, 1.165) is 13.0 Å². The van der Waals surface area contributed by atoms with Crippen molar-refractivity contribution in [2.24, 2.45) is 4.99 Å². The molecular weight excluding hydrogens is 225 g/mol. The molecule has 50 valence electrons. The summed E-state index contributed by atoms with van der Waals surface area (Å²) in [6.45, 7) is 3.15. The number of dihydropyridines is 1. The number of alkyl halides is 1. The van der Waals surface area contributed by atoms with Crippen molar-refractivity contribution in [2.75, 3.05) is 6.54 Å². The molecule has 1 nitrogen and oxygen atoms in total. The van der Waals surface area contributed by atoms with Gasteiger partial charge < -0.3 is 0 Å². The molecule has 1 heterocycles. The summed E-state index contributed by atoms with van der Waals surface area (Å²) in [5, 5.41) is 0. The molecule has 2 heteroatoms. The van der Waals surface area contributed by atoms with Crippen molar-refractivity contribution in [2.45, 2.75) is 17.3 Å². The van der Waals surface area contributed by atoms with Crippen LogP contribution in [-0.4, -0.2) is 16.2 Å². The average molecular weight is 235 g/mol. The maximum atomic E-state index is 4.35. The molecule has 0 bridgehead atoms. The van der Waals surface area contributed by atoms with Crippen molar-refractivity contribution in [3.63, 3.8) is 0 Å². The second kappa shape index (κ2) is 3.34. The Balaban J connectivity index is 2.58. The van der Waals surface area contributed by atoms with Gasteiger partial charge in [0, 0.05) is 16.2 Å². The summed E-state index contributed by atoms with van der Waals surface area (Å²) in [4.78, 5) is 4.35. The van der Waals surface area contributed by atoms with Crippen molar-refractivity contribution in [1.29, 1.82) is 0 Å². The third-order valence-electron chi connectivity index (χ3n) is 1.29. The van der Waals surface area contributed by atoms with E-state index in [2.05, 4.69) is 46.7 Å². The van der Waals surface area contributed by atoms with Crippen LogP contribution in [0.1, 0.15) is 13.3 Å². The number of allylic oxidation sites excluding steroid dienone is 1. The lowest BCUT2D eigenvalue weighted by Gasteiger charge is -2.06. The normalized spacial score (nSPS) is 21.3. The van der Waals surface area contributed by atoms with Crippen LogP contribution in [0.15, 0.2) is 17.1 Å². The van der Waals surface area contributed by atoms with Crippen LogP contribution in [-0.2, 0) is 0 Å². The van der Waals surface area contributed by atoms with Gasteiger partial charge in [0.1, 0.15) is 0 Å². The SMILES string of the molecule is CC(I)C1=NCCC=C1. The first-order valence-corrected chi connectivity index (χ1v) is 4.40. The predicted molar refractivity (Wildman–Crippen MR) is 49.5 cm³/mol. The first-order chi connectivity index (χ1) is 4.30. The average Bonchev–Trinajstić information content (AvgIpc) is 1.90. The smallest absolute Gasteiger partial charge is 0.0499 e. The van der Waals surface area contributed by atoms with Gasteiger partial charge in [-0.1, -0.05) is 28.7 Å². The molecule has 1 aliphatic rings. The van der Waals surface area contributed by atoms with Crippen molar-refractivity contribution in [3.8, 4) is 0 Å². The molecule has 0 aromatic carbocycles. The third kappa shape index (κ3) is 2.08. The van der Waals surface area contributed by atoms with Crippen LogP contribution in [0, 0.1) is 0 Å². The number of halogens is 1. The van der Waals surface area contributed by atoms with E-state index in [1.165, 1.54) is 5.71 Å². The Kier molecular flexibility index (Phi) is 2.69. The molecule has 0 amide bonds. The zero-order valence-corrected chi connectivity index (χ0v) is 7.63. The Labute approximate surface area is 69.4 Å². The van der Waals surface area contributed by atoms with Crippen molar-refractivity contribution < 1.29 is 0 Å². The highest BCUT2D eigenvalue weighted by Gasteiger charge is 2.03. The molecular formula is C7H10IN. The molecule has 1 unspecified atom stereocenters. The van der Waals surface area contributed by atoms with E-state index < -0.39 is 0 Å². The predicted octanol–water partition coefficient (Wildman–Crippen LogP) is 2.21. The topological polar surface area (TPSA) is 12.4 Å². The number of rotatable bonds is 1. The molecule has 0 radical (unpaired) electrons. The molecule has 0 N–H and O–H groups in total. The fourth-order valence-electron chi connectivity index (χ4n) is 0.783. The van der Waals surface area contributed by atoms with E-state index in [0.29, 0.717) is 3.92 Å². The Morgan fingerprint density at radius 3 is 2.89 bits per heavy atom. The lowest BCUT2D eigenvalue weighted by atomic mass is 10.2. The highest BCUT2D eigenvalue weighted by molar-refractivity contribution is 14.1. The zero-order valence-electron chi connectivity index (χ0n) is 5.47. The standard InChI is InChI=1S/C7H10IN/c1-6(8)7-4-2-3-5-9-7/h2,4,6H,3,5H2,1H3. The minimum absolute atomic E-state index is 0.569. The van der Waals surface area contributed by atoms with Gasteiger partial charge in [0.2, 0.25) is 0 Å². The van der Waals surface area contributed by atoms with Crippen LogP contribution in [0.4, 0.5) is 0 Å². The van der Waals surface area contributed by atoms with E-state index in [1.54, 1.807) is 0 Å². The van der Waals surface area contributed by atoms with Crippen molar-refractivity contribution in [3.05, 3.63) is 12.2 Å². The van der Waals surface area contributed by atoms with E-state index in [9.17, 15) is 0 Å². The second-order valence-electron chi connectivity index (χ2n) is 2.11. The molecule has 0 spiro atoms. The summed E-state index contributed by atoms with van der Waals surface area (Å²) in [7, 11) is 0. The van der Waals surface area contributed by atoms with E-state index >= 15 is 0 Å². The maximum Gasteiger partial charge on any atom is 0.0499 e. The fraction of sp³-hybridized carbons (Fsp3) is 0.571. The number of aliphatic imine (C=N–C) groups is 1. The summed E-state index contributed by atoms with van der Waals surface area (Å²) in [6, 6.07) is 0. The summed E-state index contributed by atoms with van der Waals surface area (Å²) < 4.78 is 0.569. The second-order valence-corrected chi connectivity index (χ2v) is 3.98. The van der Waals surface area contributed by atoms with E-state index in [1.807, 2.05) is 0 Å². The molecule has 9 heavy (non-hydrogen) atoms. The van der Waals surface area contributed by atoms with Gasteiger partial charge in [-0.3, -0.25) is 4.99 Å². The Morgan fingerprint density at radius 2 is 2.56 bits per heavy atom. The first kappa shape index (κ1) is 7.25. The maximum absolute atomic E-state index is 4.35. The van der Waals surface area contributed by atoms with Gasteiger partial charge in [0.05, 0.1) is 0 Å². The van der Waals surface area contributed by atoms with Gasteiger partial charge in [0.15, 0.2) is 0 Å². The Bertz CT molecular complexity index is 147. The lowest BCUT2D eigenvalue weighted by Crippen LogP contribution is -2.09. The highest BCUT2D eigenvalue weighted by atomic mass is 127. The summed E-state index contributed by atoms with van der Waals surface area (Å²) in [6.07, 6.45) is 5.44. The largest absolute Gasteiger partial charge is 0.288 e. The van der Waals surface area contributed by atoms with Crippen LogP contribution in [0.2, 0.25) is 0 Å². The molecule has 1 rings (SSSR count). The molecule has 0 saturated carbocycles. The Morgan fingerprint density at radius 1 is 1.78 bits per heavy atom. The van der Waals surface area contributed by atoms with Gasteiger partial charge in [-0.15, -0.1) is 0 Å². The molecule has 0 saturated heterocycles. The minimum Gasteiger partial charge on any atom is -0.288 e. The lowest BCUT2D eigenvalue weighted by molar-refractivity contribution is 0.985. The van der Waals surface area contributed by atoms with E-state index in [-0.39, 0.29) is 0 Å². The van der Waals surface area contributed by atoms with Crippen LogP contribution >= 0.6 is 22.6 Å². The summed E-state index contributed by atoms with van der Waals surface area (Å²) in [5.41, 5.74) is 1.24. The molecule has 1 aliphatic heterocycles. The molecule has 0 fully saturated rings. The Hall–Kier alpha value is 0.140. The first-order valence-electron chi connectivity index (χ1n) is 3.15. The molecule has 0 aromatic rings. The number of hydrogen-bond donors (Lipinski definition) is 0. The number of nitrogens with zero attached hydrogens (tertiary/aromatic N) is 1. The van der Waals surface area contributed by atoms with Crippen molar-refractivity contribution in [1.82, 2.24) is 0 Å². The quantitative estimate of drug-likeness (QED) is 0.488. The third-order valence-corrected chi connectivity index (χ3v) is 1.92. The summed E-state index contributed by atoms with van der Waals surface area (Å²) >= 11 is 2.38. The monoisotopic (exact) mass is 235 g/mol. The molecule has 1 atom stereocenters. The van der Waals surface area contributed by atoms with Crippen LogP contribution in [0.3, 0.4) is 0 Å². The fourth-order valence-corrected chi connectivity index (χ4v) is 1.19. The summed E-state index contributed by atoms with van der Waals surface area (Å²) in [5.74, 6) is 0. The van der Waals surface area contributed by atoms with Gasteiger partial charge in [-0.25, -0.2) is 0 Å². The molecule has 0 aromatic heterocycles. The van der Waals surface area contributed by atoms with Gasteiger partial charge in [-0.2, -0.15) is 0 Å². The van der Waals surface area contributed by atoms with Crippen LogP contribution in [0.5, 0.6) is 0 Å².